The summed E-state index contributed by atoms with van der Waals surface area (Å²) in [5.74, 6) is -0.385. The number of aryl methyl sites for hydroxylation is 2. The lowest BCUT2D eigenvalue weighted by Crippen LogP contribution is -2.30. The first kappa shape index (κ1) is 17.9. The zero-order valence-corrected chi connectivity index (χ0v) is 14.1. The molecule has 7 heteroatoms. The molecule has 1 atom stereocenters. The first-order chi connectivity index (χ1) is 11.4. The Morgan fingerprint density at radius 3 is 2.67 bits per heavy atom. The fourth-order valence-electron chi connectivity index (χ4n) is 2.49. The Hall–Kier alpha value is -2.41. The number of carbonyl (C=O) groups excluding carboxylic acids is 1. The topological polar surface area (TPSA) is 79.2 Å². The van der Waals surface area contributed by atoms with Gasteiger partial charge in [0.2, 0.25) is 5.91 Å². The van der Waals surface area contributed by atoms with Crippen molar-refractivity contribution in [1.82, 2.24) is 15.1 Å². The molecule has 0 spiro atoms. The lowest BCUT2D eigenvalue weighted by molar-refractivity contribution is -0.122. The number of amides is 1. The molecule has 2 aromatic rings. The number of aromatic nitrogens is 2. The van der Waals surface area contributed by atoms with E-state index in [1.54, 1.807) is 26.2 Å². The Kier molecular flexibility index (Phi) is 5.92. The molecule has 0 saturated carbocycles. The second kappa shape index (κ2) is 7.92. The highest BCUT2D eigenvalue weighted by atomic mass is 19.1. The summed E-state index contributed by atoms with van der Waals surface area (Å²) in [6.45, 7) is 5.71. The van der Waals surface area contributed by atoms with E-state index in [1.165, 1.54) is 4.68 Å². The number of aliphatic hydroxyl groups excluding tert-OH is 1. The van der Waals surface area contributed by atoms with Crippen LogP contribution in [0.25, 0.3) is 0 Å². The molecule has 2 rings (SSSR count). The minimum Gasteiger partial charge on any atom is -0.395 e. The van der Waals surface area contributed by atoms with Crippen LogP contribution in [0.4, 0.5) is 10.1 Å². The molecule has 0 bridgehead atoms. The molecular formula is C17H23FN4O2. The number of rotatable bonds is 7. The molecule has 0 aliphatic heterocycles. The third-order valence-electron chi connectivity index (χ3n) is 3.71. The molecule has 0 saturated heterocycles. The van der Waals surface area contributed by atoms with Crippen LogP contribution in [0.5, 0.6) is 0 Å². The molecule has 0 fully saturated rings. The van der Waals surface area contributed by atoms with E-state index in [9.17, 15) is 9.18 Å². The Bertz CT molecular complexity index is 691. The summed E-state index contributed by atoms with van der Waals surface area (Å²) in [7, 11) is 0. The maximum Gasteiger partial charge on any atom is 0.241 e. The van der Waals surface area contributed by atoms with E-state index in [0.29, 0.717) is 11.1 Å². The van der Waals surface area contributed by atoms with Crippen LogP contribution in [0, 0.1) is 19.7 Å². The van der Waals surface area contributed by atoms with Crippen molar-refractivity contribution in [2.75, 3.05) is 18.5 Å². The predicted octanol–water partition coefficient (Wildman–Crippen LogP) is 1.92. The maximum absolute atomic E-state index is 13.7. The van der Waals surface area contributed by atoms with Gasteiger partial charge in [-0.05, 0) is 37.5 Å². The van der Waals surface area contributed by atoms with Crippen LogP contribution in [0.2, 0.25) is 0 Å². The number of halogens is 1. The van der Waals surface area contributed by atoms with E-state index >= 15 is 0 Å². The van der Waals surface area contributed by atoms with Gasteiger partial charge in [-0.1, -0.05) is 12.1 Å². The van der Waals surface area contributed by atoms with E-state index in [0.717, 1.165) is 11.3 Å². The van der Waals surface area contributed by atoms with Crippen LogP contribution in [0.15, 0.2) is 24.5 Å². The summed E-state index contributed by atoms with van der Waals surface area (Å²) in [4.78, 5) is 11.6. The molecule has 6 nitrogen and oxygen atoms in total. The normalized spacial score (nSPS) is 12.0. The molecule has 0 aliphatic carbocycles. The molecule has 130 valence electrons. The predicted molar refractivity (Wildman–Crippen MR) is 90.2 cm³/mol. The molecule has 1 amide bonds. The number of hydrogen-bond acceptors (Lipinski definition) is 4. The van der Waals surface area contributed by atoms with Crippen LogP contribution in [-0.2, 0) is 11.3 Å². The fraction of sp³-hybridized carbons (Fsp3) is 0.412. The first-order valence-corrected chi connectivity index (χ1v) is 7.84. The number of nitrogens with one attached hydrogen (secondary N) is 2. The highest BCUT2D eigenvalue weighted by Gasteiger charge is 2.11. The van der Waals surface area contributed by atoms with Crippen LogP contribution in [-0.4, -0.2) is 33.9 Å². The number of benzene rings is 1. The van der Waals surface area contributed by atoms with Gasteiger partial charge in [0.15, 0.2) is 0 Å². The second-order valence-corrected chi connectivity index (χ2v) is 5.83. The van der Waals surface area contributed by atoms with Crippen molar-refractivity contribution < 1.29 is 14.3 Å². The average molecular weight is 334 g/mol. The zero-order chi connectivity index (χ0) is 17.7. The van der Waals surface area contributed by atoms with Gasteiger partial charge in [-0.15, -0.1) is 0 Å². The highest BCUT2D eigenvalue weighted by Crippen LogP contribution is 2.23. The zero-order valence-electron chi connectivity index (χ0n) is 14.1. The standard InChI is InChI=1S/C17H23FN4O2/c1-11-6-14(7-12(2)17(11)18)13(3)21-15-8-20-22(9-15)10-16(24)19-4-5-23/h6-9,13,21,23H,4-5,10H2,1-3H3,(H,19,24). The molecule has 3 N–H and O–H groups in total. The Morgan fingerprint density at radius 2 is 2.04 bits per heavy atom. The molecule has 24 heavy (non-hydrogen) atoms. The lowest BCUT2D eigenvalue weighted by Gasteiger charge is -2.16. The monoisotopic (exact) mass is 334 g/mol. The van der Waals surface area contributed by atoms with Crippen molar-refractivity contribution >= 4 is 11.6 Å². The Morgan fingerprint density at radius 1 is 1.38 bits per heavy atom. The summed E-state index contributed by atoms with van der Waals surface area (Å²) >= 11 is 0. The van der Waals surface area contributed by atoms with E-state index in [1.807, 2.05) is 19.1 Å². The largest absolute Gasteiger partial charge is 0.395 e. The second-order valence-electron chi connectivity index (χ2n) is 5.83. The number of hydrogen-bond donors (Lipinski definition) is 3. The van der Waals surface area contributed by atoms with Crippen molar-refractivity contribution in [3.8, 4) is 0 Å². The van der Waals surface area contributed by atoms with E-state index in [2.05, 4.69) is 15.7 Å². The summed E-state index contributed by atoms with van der Waals surface area (Å²) < 4.78 is 15.2. The third kappa shape index (κ3) is 4.55. The number of nitrogens with zero attached hydrogens (tertiary/aromatic N) is 2. The number of carbonyl (C=O) groups is 1. The molecule has 1 unspecified atom stereocenters. The van der Waals surface area contributed by atoms with E-state index in [-0.39, 0.29) is 37.5 Å². The summed E-state index contributed by atoms with van der Waals surface area (Å²) in [5.41, 5.74) is 3.00. The van der Waals surface area contributed by atoms with Crippen molar-refractivity contribution in [3.05, 3.63) is 47.0 Å². The Labute approximate surface area is 140 Å². The minimum absolute atomic E-state index is 0.0242. The van der Waals surface area contributed by atoms with Gasteiger partial charge in [0.1, 0.15) is 12.4 Å². The van der Waals surface area contributed by atoms with Crippen LogP contribution < -0.4 is 10.6 Å². The van der Waals surface area contributed by atoms with Crippen LogP contribution in [0.3, 0.4) is 0 Å². The fourth-order valence-corrected chi connectivity index (χ4v) is 2.49. The van der Waals surface area contributed by atoms with Crippen molar-refractivity contribution in [1.29, 1.82) is 0 Å². The molecular weight excluding hydrogens is 311 g/mol. The van der Waals surface area contributed by atoms with Crippen molar-refractivity contribution in [2.45, 2.75) is 33.4 Å². The van der Waals surface area contributed by atoms with E-state index < -0.39 is 0 Å². The van der Waals surface area contributed by atoms with Crippen molar-refractivity contribution in [2.24, 2.45) is 0 Å². The summed E-state index contributed by atoms with van der Waals surface area (Å²) in [5, 5.41) is 18.7. The van der Waals surface area contributed by atoms with Gasteiger partial charge in [0.05, 0.1) is 18.5 Å². The van der Waals surface area contributed by atoms with Gasteiger partial charge < -0.3 is 15.7 Å². The van der Waals surface area contributed by atoms with E-state index in [4.69, 9.17) is 5.11 Å². The smallest absolute Gasteiger partial charge is 0.241 e. The van der Waals surface area contributed by atoms with Gasteiger partial charge in [-0.3, -0.25) is 9.48 Å². The lowest BCUT2D eigenvalue weighted by atomic mass is 10.0. The maximum atomic E-state index is 13.7. The van der Waals surface area contributed by atoms with Gasteiger partial charge in [0.25, 0.3) is 0 Å². The van der Waals surface area contributed by atoms with Gasteiger partial charge >= 0.3 is 0 Å². The average Bonchev–Trinajstić information content (AvgIpc) is 2.96. The van der Waals surface area contributed by atoms with Crippen LogP contribution >= 0.6 is 0 Å². The third-order valence-corrected chi connectivity index (χ3v) is 3.71. The van der Waals surface area contributed by atoms with Crippen molar-refractivity contribution in [3.63, 3.8) is 0 Å². The van der Waals surface area contributed by atoms with Gasteiger partial charge in [-0.25, -0.2) is 4.39 Å². The highest BCUT2D eigenvalue weighted by molar-refractivity contribution is 5.75. The molecule has 0 radical (unpaired) electrons. The summed E-state index contributed by atoms with van der Waals surface area (Å²) in [6, 6.07) is 3.63. The molecule has 0 aliphatic rings. The number of aliphatic hydroxyl groups is 1. The minimum atomic E-state index is -0.212. The summed E-state index contributed by atoms with van der Waals surface area (Å²) in [6.07, 6.45) is 3.37. The Balaban J connectivity index is 2.00. The quantitative estimate of drug-likeness (QED) is 0.723. The molecule has 1 aromatic carbocycles. The first-order valence-electron chi connectivity index (χ1n) is 7.84. The molecule has 1 aromatic heterocycles. The number of anilines is 1. The van der Waals surface area contributed by atoms with Gasteiger partial charge in [0, 0.05) is 18.8 Å². The van der Waals surface area contributed by atoms with Crippen LogP contribution in [0.1, 0.15) is 29.7 Å². The SMILES string of the molecule is Cc1cc(C(C)Nc2cnn(CC(=O)NCCO)c2)cc(C)c1F. The van der Waals surface area contributed by atoms with Gasteiger partial charge in [-0.2, -0.15) is 5.10 Å². The molecule has 1 heterocycles.